The molecule has 0 bridgehead atoms. The summed E-state index contributed by atoms with van der Waals surface area (Å²) in [5.41, 5.74) is 0. The monoisotopic (exact) mass is 176 g/mol. The van der Waals surface area contributed by atoms with E-state index in [1.54, 1.807) is 0 Å². The number of ether oxygens (including phenoxy) is 1. The lowest BCUT2D eigenvalue weighted by molar-refractivity contribution is -0.145. The molecule has 0 saturated heterocycles. The Bertz CT molecular complexity index is 135. The Kier molecular flexibility index (Phi) is 3.77. The molecule has 0 spiro atoms. The van der Waals surface area contributed by atoms with Crippen LogP contribution in [0.1, 0.15) is 27.1 Å². The van der Waals surface area contributed by atoms with Gasteiger partial charge in [0.1, 0.15) is 6.10 Å². The zero-order valence-electron chi connectivity index (χ0n) is 6.84. The van der Waals surface area contributed by atoms with Crippen molar-refractivity contribution in [1.29, 1.82) is 0 Å². The molecule has 1 rings (SSSR count). The summed E-state index contributed by atoms with van der Waals surface area (Å²) in [4.78, 5) is 11.0. The predicted octanol–water partition coefficient (Wildman–Crippen LogP) is 2.08. The van der Waals surface area contributed by atoms with E-state index < -0.39 is 0 Å². The van der Waals surface area contributed by atoms with Gasteiger partial charge in [0.15, 0.2) is 0 Å². The second-order valence-electron chi connectivity index (χ2n) is 2.83. The van der Waals surface area contributed by atoms with Gasteiger partial charge in [-0.05, 0) is 31.9 Å². The van der Waals surface area contributed by atoms with Gasteiger partial charge < -0.3 is 4.74 Å². The first-order valence-corrected chi connectivity index (χ1v) is 5.40. The maximum atomic E-state index is 11.0. The third-order valence-electron chi connectivity index (χ3n) is 1.86. The van der Waals surface area contributed by atoms with Gasteiger partial charge in [-0.3, -0.25) is 4.79 Å². The Balaban J connectivity index is 0.00000121. The van der Waals surface area contributed by atoms with Crippen molar-refractivity contribution in [2.75, 3.05) is 12.0 Å². The van der Waals surface area contributed by atoms with E-state index in [1.807, 2.05) is 6.26 Å². The maximum absolute atomic E-state index is 11.0. The van der Waals surface area contributed by atoms with E-state index in [0.29, 0.717) is 5.75 Å². The van der Waals surface area contributed by atoms with Crippen molar-refractivity contribution in [2.24, 2.45) is 0 Å². The minimum absolute atomic E-state index is 0. The highest BCUT2D eigenvalue weighted by Gasteiger charge is 2.18. The van der Waals surface area contributed by atoms with Crippen LogP contribution in [0.25, 0.3) is 0 Å². The lowest BCUT2D eigenvalue weighted by Crippen LogP contribution is -2.15. The van der Waals surface area contributed by atoms with Gasteiger partial charge in [-0.1, -0.05) is 0 Å². The zero-order valence-corrected chi connectivity index (χ0v) is 7.65. The van der Waals surface area contributed by atoms with Gasteiger partial charge in [-0.25, -0.2) is 0 Å². The summed E-state index contributed by atoms with van der Waals surface area (Å²) in [5, 5.41) is 0. The van der Waals surface area contributed by atoms with Crippen molar-refractivity contribution < 1.29 is 11.0 Å². The number of carbonyl (C=O) groups excluding carboxylic acids is 1. The average molecular weight is 176 g/mol. The molecule has 1 aliphatic rings. The Morgan fingerprint density at radius 3 is 2.82 bits per heavy atom. The second kappa shape index (κ2) is 4.65. The van der Waals surface area contributed by atoms with Gasteiger partial charge in [0.25, 0.3) is 0 Å². The topological polar surface area (TPSA) is 26.3 Å². The fourth-order valence-corrected chi connectivity index (χ4v) is 1.65. The first-order valence-electron chi connectivity index (χ1n) is 4.01. The van der Waals surface area contributed by atoms with Gasteiger partial charge in [-0.2, -0.15) is 11.8 Å². The van der Waals surface area contributed by atoms with Crippen LogP contribution >= 0.6 is 11.8 Å². The molecular weight excluding hydrogens is 160 g/mol. The summed E-state index contributed by atoms with van der Waals surface area (Å²) in [7, 11) is 0. The molecule has 0 N–H and O–H groups in total. The number of rotatable bonds is 3. The standard InChI is InChI=1S/C8H14O2S.H2/c1-11-6-8(9)10-7-4-2-3-5-7;/h7H,2-6H2,1H3;1H. The van der Waals surface area contributed by atoms with Crippen LogP contribution in [-0.4, -0.2) is 24.1 Å². The Hall–Kier alpha value is -0.180. The summed E-state index contributed by atoms with van der Waals surface area (Å²) >= 11 is 1.52. The van der Waals surface area contributed by atoms with Crippen LogP contribution in [0.15, 0.2) is 0 Å². The van der Waals surface area contributed by atoms with Crippen molar-refractivity contribution in [1.82, 2.24) is 0 Å². The molecule has 0 radical (unpaired) electrons. The molecule has 2 nitrogen and oxygen atoms in total. The maximum Gasteiger partial charge on any atom is 0.316 e. The molecule has 3 heteroatoms. The van der Waals surface area contributed by atoms with E-state index >= 15 is 0 Å². The number of hydrogen-bond acceptors (Lipinski definition) is 3. The highest BCUT2D eigenvalue weighted by molar-refractivity contribution is 7.99. The fourth-order valence-electron chi connectivity index (χ4n) is 1.34. The molecule has 11 heavy (non-hydrogen) atoms. The second-order valence-corrected chi connectivity index (χ2v) is 3.70. The molecule has 1 aliphatic carbocycles. The van der Waals surface area contributed by atoms with Gasteiger partial charge in [0.05, 0.1) is 5.75 Å². The highest BCUT2D eigenvalue weighted by Crippen LogP contribution is 2.21. The summed E-state index contributed by atoms with van der Waals surface area (Å²) in [6.45, 7) is 0. The van der Waals surface area contributed by atoms with Crippen molar-refractivity contribution in [2.45, 2.75) is 31.8 Å². The smallest absolute Gasteiger partial charge is 0.316 e. The van der Waals surface area contributed by atoms with Crippen molar-refractivity contribution in [3.8, 4) is 0 Å². The van der Waals surface area contributed by atoms with Crippen molar-refractivity contribution in [3.63, 3.8) is 0 Å². The lowest BCUT2D eigenvalue weighted by atomic mass is 10.3. The van der Waals surface area contributed by atoms with Crippen LogP contribution in [0.4, 0.5) is 0 Å². The summed E-state index contributed by atoms with van der Waals surface area (Å²) in [5.74, 6) is 0.445. The fraction of sp³-hybridized carbons (Fsp3) is 0.875. The highest BCUT2D eigenvalue weighted by atomic mass is 32.2. The van der Waals surface area contributed by atoms with Crippen LogP contribution in [0.2, 0.25) is 0 Å². The number of thioether (sulfide) groups is 1. The minimum atomic E-state index is -0.0515. The molecule has 0 aromatic heterocycles. The first-order chi connectivity index (χ1) is 5.33. The molecule has 0 heterocycles. The van der Waals surface area contributed by atoms with E-state index in [4.69, 9.17) is 4.74 Å². The third-order valence-corrected chi connectivity index (χ3v) is 2.39. The van der Waals surface area contributed by atoms with Crippen LogP contribution in [0, 0.1) is 0 Å². The Morgan fingerprint density at radius 2 is 2.27 bits per heavy atom. The molecule has 0 atom stereocenters. The third kappa shape index (κ3) is 3.14. The van der Waals surface area contributed by atoms with E-state index in [2.05, 4.69) is 0 Å². The van der Waals surface area contributed by atoms with Crippen LogP contribution in [0.5, 0.6) is 0 Å². The quantitative estimate of drug-likeness (QED) is 0.616. The van der Waals surface area contributed by atoms with E-state index in [9.17, 15) is 4.79 Å². The van der Waals surface area contributed by atoms with Crippen molar-refractivity contribution >= 4 is 17.7 Å². The van der Waals surface area contributed by atoms with Crippen molar-refractivity contribution in [3.05, 3.63) is 0 Å². The molecule has 1 saturated carbocycles. The molecular formula is C8H16O2S. The van der Waals surface area contributed by atoms with Crippen LogP contribution in [-0.2, 0) is 9.53 Å². The molecule has 0 aliphatic heterocycles. The summed E-state index contributed by atoms with van der Waals surface area (Å²) in [6, 6.07) is 0. The van der Waals surface area contributed by atoms with E-state index in [-0.39, 0.29) is 13.5 Å². The van der Waals surface area contributed by atoms with E-state index in [1.165, 1.54) is 24.6 Å². The van der Waals surface area contributed by atoms with E-state index in [0.717, 1.165) is 12.8 Å². The Labute approximate surface area is 73.2 Å². The predicted molar refractivity (Wildman–Crippen MR) is 48.8 cm³/mol. The Morgan fingerprint density at radius 1 is 1.64 bits per heavy atom. The lowest BCUT2D eigenvalue weighted by Gasteiger charge is -2.09. The largest absolute Gasteiger partial charge is 0.462 e. The molecule has 0 aromatic carbocycles. The summed E-state index contributed by atoms with van der Waals surface area (Å²) in [6.07, 6.45) is 6.72. The number of hydrogen-bond donors (Lipinski definition) is 0. The zero-order chi connectivity index (χ0) is 8.10. The molecule has 0 amide bonds. The van der Waals surface area contributed by atoms with Gasteiger partial charge in [0.2, 0.25) is 0 Å². The van der Waals surface area contributed by atoms with Crippen LogP contribution in [0.3, 0.4) is 0 Å². The normalized spacial score (nSPS) is 18.6. The molecule has 0 aromatic rings. The first kappa shape index (κ1) is 8.91. The molecule has 1 fully saturated rings. The minimum Gasteiger partial charge on any atom is -0.462 e. The number of carbonyl (C=O) groups is 1. The molecule has 66 valence electrons. The number of esters is 1. The van der Waals surface area contributed by atoms with Gasteiger partial charge in [-0.15, -0.1) is 0 Å². The van der Waals surface area contributed by atoms with Gasteiger partial charge in [0, 0.05) is 1.43 Å². The summed E-state index contributed by atoms with van der Waals surface area (Å²) < 4.78 is 5.19. The van der Waals surface area contributed by atoms with Gasteiger partial charge >= 0.3 is 5.97 Å². The SMILES string of the molecule is CSCC(=O)OC1CCCC1.[HH]. The average Bonchev–Trinajstić information content (AvgIpc) is 2.40. The molecule has 0 unspecified atom stereocenters. The van der Waals surface area contributed by atoms with Crippen LogP contribution < -0.4 is 0 Å².